The van der Waals surface area contributed by atoms with Gasteiger partial charge in [-0.05, 0) is 49.9 Å². The van der Waals surface area contributed by atoms with Gasteiger partial charge in [-0.15, -0.1) is 0 Å². The highest BCUT2D eigenvalue weighted by molar-refractivity contribution is 6.01. The summed E-state index contributed by atoms with van der Waals surface area (Å²) in [4.78, 5) is 15.1. The molecule has 4 rings (SSSR count). The molecule has 1 N–H and O–H groups in total. The van der Waals surface area contributed by atoms with E-state index in [4.69, 9.17) is 4.74 Å². The first-order chi connectivity index (χ1) is 12.1. The largest absolute Gasteiger partial charge is 0.376 e. The Morgan fingerprint density at radius 1 is 1.20 bits per heavy atom. The topological polar surface area (TPSA) is 41.6 Å². The summed E-state index contributed by atoms with van der Waals surface area (Å²) < 4.78 is 5.80. The van der Waals surface area contributed by atoms with Crippen molar-refractivity contribution in [3.05, 3.63) is 64.7 Å². The van der Waals surface area contributed by atoms with Gasteiger partial charge >= 0.3 is 0 Å². The average Bonchev–Trinajstić information content (AvgIpc) is 3.11. The van der Waals surface area contributed by atoms with Crippen LogP contribution in [0.15, 0.2) is 42.5 Å². The van der Waals surface area contributed by atoms with E-state index in [2.05, 4.69) is 37.4 Å². The van der Waals surface area contributed by atoms with Crippen molar-refractivity contribution in [2.24, 2.45) is 0 Å². The monoisotopic (exact) mass is 336 g/mol. The van der Waals surface area contributed by atoms with Crippen molar-refractivity contribution < 1.29 is 9.53 Å². The number of fused-ring (bicyclic) bond motifs is 1. The first-order valence-corrected chi connectivity index (χ1v) is 8.99. The summed E-state index contributed by atoms with van der Waals surface area (Å²) in [5.74, 6) is 0.0785. The fourth-order valence-electron chi connectivity index (χ4n) is 3.87. The Balaban J connectivity index is 1.74. The molecule has 0 spiro atoms. The van der Waals surface area contributed by atoms with Crippen molar-refractivity contribution in [1.82, 2.24) is 4.90 Å². The molecule has 2 heterocycles. The predicted molar refractivity (Wildman–Crippen MR) is 98.7 cm³/mol. The van der Waals surface area contributed by atoms with Gasteiger partial charge in [0.05, 0.1) is 11.7 Å². The Kier molecular flexibility index (Phi) is 4.22. The maximum Gasteiger partial charge on any atom is 0.257 e. The van der Waals surface area contributed by atoms with Crippen molar-refractivity contribution in [3.63, 3.8) is 0 Å². The van der Waals surface area contributed by atoms with Gasteiger partial charge in [-0.3, -0.25) is 4.79 Å². The van der Waals surface area contributed by atoms with E-state index in [0.717, 1.165) is 36.3 Å². The summed E-state index contributed by atoms with van der Waals surface area (Å²) in [5, 5.41) is 3.58. The molecule has 2 unspecified atom stereocenters. The van der Waals surface area contributed by atoms with E-state index in [9.17, 15) is 4.79 Å². The number of nitrogens with one attached hydrogen (secondary N) is 1. The minimum Gasteiger partial charge on any atom is -0.376 e. The van der Waals surface area contributed by atoms with Gasteiger partial charge in [-0.1, -0.05) is 35.9 Å². The van der Waals surface area contributed by atoms with Gasteiger partial charge in [0.2, 0.25) is 0 Å². The fourth-order valence-corrected chi connectivity index (χ4v) is 3.87. The van der Waals surface area contributed by atoms with E-state index >= 15 is 0 Å². The molecule has 1 amide bonds. The first kappa shape index (κ1) is 16.2. The third-order valence-electron chi connectivity index (χ3n) is 5.17. The highest BCUT2D eigenvalue weighted by Gasteiger charge is 2.35. The molecule has 130 valence electrons. The second-order valence-electron chi connectivity index (χ2n) is 7.05. The van der Waals surface area contributed by atoms with Crippen LogP contribution in [0.25, 0.3) is 0 Å². The van der Waals surface area contributed by atoms with Gasteiger partial charge in [0, 0.05) is 18.8 Å². The van der Waals surface area contributed by atoms with Gasteiger partial charge < -0.3 is 15.0 Å². The van der Waals surface area contributed by atoms with Crippen LogP contribution in [0.5, 0.6) is 0 Å². The summed E-state index contributed by atoms with van der Waals surface area (Å²) >= 11 is 0. The molecule has 2 aromatic carbocycles. The second kappa shape index (κ2) is 6.52. The van der Waals surface area contributed by atoms with Gasteiger partial charge in [0.25, 0.3) is 5.91 Å². The van der Waals surface area contributed by atoms with Crippen LogP contribution in [0.3, 0.4) is 0 Å². The summed E-state index contributed by atoms with van der Waals surface area (Å²) in [6.45, 7) is 5.62. The van der Waals surface area contributed by atoms with Crippen LogP contribution in [0, 0.1) is 13.8 Å². The van der Waals surface area contributed by atoms with Gasteiger partial charge in [0.15, 0.2) is 0 Å². The maximum atomic E-state index is 13.2. The van der Waals surface area contributed by atoms with Gasteiger partial charge in [0.1, 0.15) is 6.17 Å². The van der Waals surface area contributed by atoms with E-state index in [1.807, 2.05) is 29.2 Å². The Morgan fingerprint density at radius 2 is 2.04 bits per heavy atom. The van der Waals surface area contributed by atoms with Gasteiger partial charge in [-0.2, -0.15) is 0 Å². The molecule has 2 aromatic rings. The van der Waals surface area contributed by atoms with E-state index in [0.29, 0.717) is 6.54 Å². The summed E-state index contributed by atoms with van der Waals surface area (Å²) in [7, 11) is 0. The van der Waals surface area contributed by atoms with Crippen molar-refractivity contribution in [2.75, 3.05) is 18.5 Å². The number of amides is 1. The Bertz CT molecular complexity index is 796. The van der Waals surface area contributed by atoms with Crippen molar-refractivity contribution in [1.29, 1.82) is 0 Å². The molecule has 0 aromatic heterocycles. The third-order valence-corrected chi connectivity index (χ3v) is 5.17. The SMILES string of the molecule is Cc1ccc(C2Nc3ccccc3C(=O)N2CC2CCCO2)c(C)c1. The zero-order chi connectivity index (χ0) is 17.4. The number of hydrogen-bond acceptors (Lipinski definition) is 3. The zero-order valence-corrected chi connectivity index (χ0v) is 14.8. The lowest BCUT2D eigenvalue weighted by Gasteiger charge is -2.39. The summed E-state index contributed by atoms with van der Waals surface area (Å²) in [6.07, 6.45) is 2.06. The molecule has 0 bridgehead atoms. The average molecular weight is 336 g/mol. The molecule has 4 nitrogen and oxygen atoms in total. The number of aryl methyl sites for hydroxylation is 2. The maximum absolute atomic E-state index is 13.2. The van der Waals surface area contributed by atoms with Crippen LogP contribution >= 0.6 is 0 Å². The molecule has 2 atom stereocenters. The smallest absolute Gasteiger partial charge is 0.257 e. The second-order valence-corrected chi connectivity index (χ2v) is 7.05. The lowest BCUT2D eigenvalue weighted by atomic mass is 9.98. The van der Waals surface area contributed by atoms with E-state index in [1.54, 1.807) is 0 Å². The van der Waals surface area contributed by atoms with Crippen LogP contribution in [-0.2, 0) is 4.74 Å². The van der Waals surface area contributed by atoms with Gasteiger partial charge in [-0.25, -0.2) is 0 Å². The van der Waals surface area contributed by atoms with Crippen LogP contribution in [-0.4, -0.2) is 30.1 Å². The van der Waals surface area contributed by atoms with Crippen molar-refractivity contribution in [3.8, 4) is 0 Å². The zero-order valence-electron chi connectivity index (χ0n) is 14.8. The normalized spacial score (nSPS) is 22.6. The summed E-state index contributed by atoms with van der Waals surface area (Å²) in [6, 6.07) is 14.2. The molecular formula is C21H24N2O2. The summed E-state index contributed by atoms with van der Waals surface area (Å²) in [5.41, 5.74) is 5.21. The Hall–Kier alpha value is -2.33. The molecule has 1 saturated heterocycles. The first-order valence-electron chi connectivity index (χ1n) is 8.99. The van der Waals surface area contributed by atoms with E-state index < -0.39 is 0 Å². The third kappa shape index (κ3) is 3.02. The number of carbonyl (C=O) groups is 1. The number of carbonyl (C=O) groups excluding carboxylic acids is 1. The molecule has 0 radical (unpaired) electrons. The molecule has 0 saturated carbocycles. The van der Waals surface area contributed by atoms with E-state index in [1.165, 1.54) is 11.1 Å². The van der Waals surface area contributed by atoms with E-state index in [-0.39, 0.29) is 18.2 Å². The standard InChI is InChI=1S/C21H24N2O2/c1-14-9-10-17(15(2)12-14)20-22-19-8-4-3-7-18(19)21(24)23(20)13-16-6-5-11-25-16/h3-4,7-10,12,16,20,22H,5-6,11,13H2,1-2H3. The predicted octanol–water partition coefficient (Wildman–Crippen LogP) is 4.05. The number of hydrogen-bond donors (Lipinski definition) is 1. The number of para-hydroxylation sites is 1. The molecule has 4 heteroatoms. The van der Waals surface area contributed by atoms with Crippen LogP contribution in [0.4, 0.5) is 5.69 Å². The lowest BCUT2D eigenvalue weighted by Crippen LogP contribution is -2.46. The minimum atomic E-state index is -0.160. The molecule has 2 aliphatic rings. The number of rotatable bonds is 3. The molecular weight excluding hydrogens is 312 g/mol. The molecule has 2 aliphatic heterocycles. The highest BCUT2D eigenvalue weighted by Crippen LogP contribution is 2.35. The van der Waals surface area contributed by atoms with Crippen LogP contribution in [0.2, 0.25) is 0 Å². The van der Waals surface area contributed by atoms with Crippen molar-refractivity contribution in [2.45, 2.75) is 39.0 Å². The quantitative estimate of drug-likeness (QED) is 0.919. The number of nitrogens with zero attached hydrogens (tertiary/aromatic N) is 1. The minimum absolute atomic E-state index is 0.0785. The Labute approximate surface area is 148 Å². The molecule has 1 fully saturated rings. The fraction of sp³-hybridized carbons (Fsp3) is 0.381. The van der Waals surface area contributed by atoms with Crippen molar-refractivity contribution >= 4 is 11.6 Å². The Morgan fingerprint density at radius 3 is 2.80 bits per heavy atom. The molecule has 0 aliphatic carbocycles. The van der Waals surface area contributed by atoms with Crippen LogP contribution in [0.1, 0.15) is 46.1 Å². The lowest BCUT2D eigenvalue weighted by molar-refractivity contribution is 0.0426. The number of benzene rings is 2. The number of ether oxygens (including phenoxy) is 1. The number of anilines is 1. The van der Waals surface area contributed by atoms with Crippen LogP contribution < -0.4 is 5.32 Å². The highest BCUT2D eigenvalue weighted by atomic mass is 16.5. The molecule has 25 heavy (non-hydrogen) atoms.